The van der Waals surface area contributed by atoms with Crippen molar-refractivity contribution in [1.29, 1.82) is 0 Å². The Morgan fingerprint density at radius 1 is 1.32 bits per heavy atom. The molecule has 0 aromatic heterocycles. The lowest BCUT2D eigenvalue weighted by Crippen LogP contribution is -2.42. The molecule has 1 fully saturated rings. The number of piperidine rings is 1. The van der Waals surface area contributed by atoms with Gasteiger partial charge in [-0.05, 0) is 60.5 Å². The second kappa shape index (κ2) is 6.77. The Balaban J connectivity index is 2.15. The Kier molecular flexibility index (Phi) is 5.30. The molecule has 5 heteroatoms. The molecule has 1 aliphatic rings. The average Bonchev–Trinajstić information content (AvgIpc) is 2.44. The van der Waals surface area contributed by atoms with E-state index in [-0.39, 0.29) is 5.56 Å². The van der Waals surface area contributed by atoms with Gasteiger partial charge in [-0.15, -0.1) is 0 Å². The molecule has 1 aromatic carbocycles. The molecule has 19 heavy (non-hydrogen) atoms. The number of nitrogens with one attached hydrogen (secondary N) is 1. The summed E-state index contributed by atoms with van der Waals surface area (Å²) < 4.78 is 28.1. The van der Waals surface area contributed by atoms with Crippen LogP contribution in [-0.4, -0.2) is 30.6 Å². The van der Waals surface area contributed by atoms with E-state index in [1.807, 2.05) is 6.92 Å². The van der Waals surface area contributed by atoms with Crippen molar-refractivity contribution >= 4 is 15.9 Å². The zero-order chi connectivity index (χ0) is 13.8. The van der Waals surface area contributed by atoms with Crippen LogP contribution in [0.1, 0.15) is 25.3 Å². The maximum atomic E-state index is 14.0. The lowest BCUT2D eigenvalue weighted by molar-refractivity contribution is 0.158. The SMILES string of the molecule is CCN(Cc1c(F)ccc(Br)c1F)C1CCNCC1. The summed E-state index contributed by atoms with van der Waals surface area (Å²) in [6.07, 6.45) is 2.07. The highest BCUT2D eigenvalue weighted by atomic mass is 79.9. The van der Waals surface area contributed by atoms with Gasteiger partial charge in [0, 0.05) is 18.2 Å². The second-order valence-electron chi connectivity index (χ2n) is 4.87. The van der Waals surface area contributed by atoms with Gasteiger partial charge in [-0.1, -0.05) is 6.92 Å². The summed E-state index contributed by atoms with van der Waals surface area (Å²) in [5.41, 5.74) is 0.162. The van der Waals surface area contributed by atoms with Crippen molar-refractivity contribution in [3.63, 3.8) is 0 Å². The molecule has 0 radical (unpaired) electrons. The van der Waals surface area contributed by atoms with Gasteiger partial charge >= 0.3 is 0 Å². The largest absolute Gasteiger partial charge is 0.317 e. The fourth-order valence-corrected chi connectivity index (χ4v) is 2.96. The maximum absolute atomic E-state index is 14.0. The number of rotatable bonds is 4. The third-order valence-electron chi connectivity index (χ3n) is 3.73. The van der Waals surface area contributed by atoms with Crippen molar-refractivity contribution < 1.29 is 8.78 Å². The van der Waals surface area contributed by atoms with E-state index < -0.39 is 11.6 Å². The molecular formula is C14H19BrF2N2. The van der Waals surface area contributed by atoms with E-state index in [0.29, 0.717) is 17.1 Å². The minimum atomic E-state index is -0.479. The molecule has 0 spiro atoms. The van der Waals surface area contributed by atoms with E-state index in [0.717, 1.165) is 32.5 Å². The molecule has 0 unspecified atom stereocenters. The van der Waals surface area contributed by atoms with Gasteiger partial charge in [-0.3, -0.25) is 4.90 Å². The number of hydrogen-bond donors (Lipinski definition) is 1. The highest BCUT2D eigenvalue weighted by Gasteiger charge is 2.22. The van der Waals surface area contributed by atoms with Crippen molar-refractivity contribution in [3.05, 3.63) is 33.8 Å². The summed E-state index contributed by atoms with van der Waals surface area (Å²) in [7, 11) is 0. The molecule has 2 nitrogen and oxygen atoms in total. The van der Waals surface area contributed by atoms with Crippen LogP contribution in [0, 0.1) is 11.6 Å². The molecular weight excluding hydrogens is 314 g/mol. The van der Waals surface area contributed by atoms with E-state index >= 15 is 0 Å². The average molecular weight is 333 g/mol. The van der Waals surface area contributed by atoms with Gasteiger partial charge in [0.05, 0.1) is 4.47 Å². The number of nitrogens with zero attached hydrogens (tertiary/aromatic N) is 1. The first-order valence-electron chi connectivity index (χ1n) is 6.70. The topological polar surface area (TPSA) is 15.3 Å². The Bertz CT molecular complexity index is 434. The summed E-state index contributed by atoms with van der Waals surface area (Å²) in [5, 5.41) is 3.31. The third kappa shape index (κ3) is 3.52. The highest BCUT2D eigenvalue weighted by molar-refractivity contribution is 9.10. The molecule has 0 saturated carbocycles. The van der Waals surface area contributed by atoms with Crippen molar-refractivity contribution in [2.75, 3.05) is 19.6 Å². The lowest BCUT2D eigenvalue weighted by Gasteiger charge is -2.34. The van der Waals surface area contributed by atoms with E-state index in [1.165, 1.54) is 12.1 Å². The number of halogens is 3. The minimum absolute atomic E-state index is 0.162. The van der Waals surface area contributed by atoms with Crippen molar-refractivity contribution in [1.82, 2.24) is 10.2 Å². The zero-order valence-corrected chi connectivity index (χ0v) is 12.6. The molecule has 1 aliphatic heterocycles. The van der Waals surface area contributed by atoms with Crippen LogP contribution in [0.4, 0.5) is 8.78 Å². The van der Waals surface area contributed by atoms with Gasteiger partial charge in [-0.25, -0.2) is 8.78 Å². The van der Waals surface area contributed by atoms with Crippen LogP contribution in [-0.2, 0) is 6.54 Å². The van der Waals surface area contributed by atoms with Crippen molar-refractivity contribution in [2.24, 2.45) is 0 Å². The first-order valence-corrected chi connectivity index (χ1v) is 7.50. The molecule has 0 amide bonds. The molecule has 0 aliphatic carbocycles. The highest BCUT2D eigenvalue weighted by Crippen LogP contribution is 2.24. The smallest absolute Gasteiger partial charge is 0.144 e. The standard InChI is InChI=1S/C14H19BrF2N2/c1-2-19(10-5-7-18-8-6-10)9-11-13(16)4-3-12(15)14(11)17/h3-4,10,18H,2,5-9H2,1H3. The fourth-order valence-electron chi connectivity index (χ4n) is 2.59. The van der Waals surface area contributed by atoms with Crippen LogP contribution in [0.25, 0.3) is 0 Å². The predicted molar refractivity (Wildman–Crippen MR) is 76.0 cm³/mol. The first-order chi connectivity index (χ1) is 9.13. The second-order valence-corrected chi connectivity index (χ2v) is 5.72. The molecule has 0 atom stereocenters. The van der Waals surface area contributed by atoms with Crippen molar-refractivity contribution in [2.45, 2.75) is 32.4 Å². The number of benzene rings is 1. The van der Waals surface area contributed by atoms with E-state index in [9.17, 15) is 8.78 Å². The molecule has 1 N–H and O–H groups in total. The van der Waals surface area contributed by atoms with Crippen LogP contribution in [0.3, 0.4) is 0 Å². The Hall–Kier alpha value is -0.520. The van der Waals surface area contributed by atoms with Gasteiger partial charge in [0.2, 0.25) is 0 Å². The normalized spacial score (nSPS) is 17.1. The van der Waals surface area contributed by atoms with Gasteiger partial charge < -0.3 is 5.32 Å². The summed E-state index contributed by atoms with van der Waals surface area (Å²) in [6.45, 7) is 5.12. The fraction of sp³-hybridized carbons (Fsp3) is 0.571. The molecule has 1 aromatic rings. The van der Waals surface area contributed by atoms with E-state index in [4.69, 9.17) is 0 Å². The Morgan fingerprint density at radius 3 is 2.63 bits per heavy atom. The van der Waals surface area contributed by atoms with Crippen molar-refractivity contribution in [3.8, 4) is 0 Å². The minimum Gasteiger partial charge on any atom is -0.317 e. The molecule has 1 saturated heterocycles. The van der Waals surface area contributed by atoms with Gasteiger partial charge in [0.25, 0.3) is 0 Å². The summed E-state index contributed by atoms with van der Waals surface area (Å²) >= 11 is 3.12. The van der Waals surface area contributed by atoms with Gasteiger partial charge in [0.15, 0.2) is 0 Å². The summed E-state index contributed by atoms with van der Waals surface area (Å²) in [5.74, 6) is -0.944. The van der Waals surface area contributed by atoms with Crippen LogP contribution in [0.5, 0.6) is 0 Å². The third-order valence-corrected chi connectivity index (χ3v) is 4.34. The monoisotopic (exact) mass is 332 g/mol. The summed E-state index contributed by atoms with van der Waals surface area (Å²) in [4.78, 5) is 2.16. The number of hydrogen-bond acceptors (Lipinski definition) is 2. The van der Waals surface area contributed by atoms with Crippen LogP contribution >= 0.6 is 15.9 Å². The molecule has 0 bridgehead atoms. The summed E-state index contributed by atoms with van der Waals surface area (Å²) in [6, 6.07) is 3.14. The van der Waals surface area contributed by atoms with E-state index in [2.05, 4.69) is 26.1 Å². The van der Waals surface area contributed by atoms with Crippen LogP contribution in [0.2, 0.25) is 0 Å². The zero-order valence-electron chi connectivity index (χ0n) is 11.1. The van der Waals surface area contributed by atoms with Crippen LogP contribution < -0.4 is 5.32 Å². The molecule has 2 rings (SSSR count). The predicted octanol–water partition coefficient (Wildman–Crippen LogP) is 3.30. The molecule has 1 heterocycles. The van der Waals surface area contributed by atoms with Gasteiger partial charge in [0.1, 0.15) is 11.6 Å². The Morgan fingerprint density at radius 2 is 2.00 bits per heavy atom. The quantitative estimate of drug-likeness (QED) is 0.851. The maximum Gasteiger partial charge on any atom is 0.144 e. The first kappa shape index (κ1) is 14.9. The van der Waals surface area contributed by atoms with E-state index in [1.54, 1.807) is 0 Å². The molecule has 106 valence electrons. The van der Waals surface area contributed by atoms with Crippen LogP contribution in [0.15, 0.2) is 16.6 Å². The van der Waals surface area contributed by atoms with Gasteiger partial charge in [-0.2, -0.15) is 0 Å². The lowest BCUT2D eigenvalue weighted by atomic mass is 10.0. The Labute approximate surface area is 121 Å².